The number of nitrogens with one attached hydrogen (secondary N) is 2. The molecule has 1 aliphatic rings. The Kier molecular flexibility index (Phi) is 7.40. The molecule has 3 rings (SSSR count). The fourth-order valence-electron chi connectivity index (χ4n) is 3.53. The van der Waals surface area contributed by atoms with Crippen LogP contribution in [0.1, 0.15) is 5.56 Å². The van der Waals surface area contributed by atoms with Gasteiger partial charge < -0.3 is 25.0 Å². The summed E-state index contributed by atoms with van der Waals surface area (Å²) in [4.78, 5) is 2.09. The van der Waals surface area contributed by atoms with E-state index in [2.05, 4.69) is 15.5 Å². The highest BCUT2D eigenvalue weighted by Crippen LogP contribution is 2.38. The lowest BCUT2D eigenvalue weighted by molar-refractivity contribution is -0.137. The maximum Gasteiger partial charge on any atom is 0.418 e. The maximum atomic E-state index is 13.7. The molecule has 0 aliphatic carbocycles. The predicted molar refractivity (Wildman–Crippen MR) is 112 cm³/mol. The van der Waals surface area contributed by atoms with Gasteiger partial charge in [0.05, 0.1) is 25.4 Å². The fraction of sp³-hybridized carbons (Fsp3) is 0.455. The van der Waals surface area contributed by atoms with E-state index in [1.807, 2.05) is 7.05 Å². The molecule has 0 amide bonds. The second-order valence-corrected chi connectivity index (χ2v) is 7.97. The molecule has 1 saturated heterocycles. The predicted octanol–water partition coefficient (Wildman–Crippen LogP) is 4.59. The molecule has 0 radical (unpaired) electrons. The van der Waals surface area contributed by atoms with E-state index in [0.717, 1.165) is 12.6 Å². The van der Waals surface area contributed by atoms with Crippen molar-refractivity contribution >= 4 is 17.1 Å². The summed E-state index contributed by atoms with van der Waals surface area (Å²) in [7, 11) is 3.58. The number of rotatable bonds is 10. The molecule has 0 spiro atoms. The number of alkyl halides is 3. The first-order valence-electron chi connectivity index (χ1n) is 9.94. The molecule has 1 heterocycles. The topological polar surface area (TPSA) is 45.8 Å². The average Bonchev–Trinajstić information content (AvgIpc) is 2.70. The van der Waals surface area contributed by atoms with Crippen LogP contribution >= 0.6 is 0 Å². The summed E-state index contributed by atoms with van der Waals surface area (Å²) in [6.07, 6.45) is -4.53. The van der Waals surface area contributed by atoms with Crippen molar-refractivity contribution in [1.29, 1.82) is 0 Å². The van der Waals surface area contributed by atoms with E-state index in [1.165, 1.54) is 30.3 Å². The summed E-state index contributed by atoms with van der Waals surface area (Å²) in [6.45, 7) is 3.34. The minimum absolute atomic E-state index is 0.0166. The van der Waals surface area contributed by atoms with Gasteiger partial charge in [-0.05, 0) is 49.5 Å². The third kappa shape index (κ3) is 6.32. The lowest BCUT2D eigenvalue weighted by Crippen LogP contribution is -2.54. The van der Waals surface area contributed by atoms with E-state index in [0.29, 0.717) is 38.6 Å². The molecule has 2 aromatic carbocycles. The molecule has 1 aliphatic heterocycles. The molecule has 0 unspecified atom stereocenters. The van der Waals surface area contributed by atoms with Crippen molar-refractivity contribution in [3.8, 4) is 0 Å². The molecule has 2 N–H and O–H groups in total. The highest BCUT2D eigenvalue weighted by atomic mass is 19.4. The molecule has 0 bridgehead atoms. The van der Waals surface area contributed by atoms with Crippen molar-refractivity contribution < 1.29 is 27.0 Å². The number of likely N-dealkylation sites (N-methyl/N-ethyl adjacent to an activating group) is 1. The first kappa shape index (κ1) is 23.3. The maximum absolute atomic E-state index is 13.7. The van der Waals surface area contributed by atoms with Gasteiger partial charge in [0.25, 0.3) is 0 Å². The van der Waals surface area contributed by atoms with Crippen LogP contribution in [0.15, 0.2) is 42.5 Å². The summed E-state index contributed by atoms with van der Waals surface area (Å²) in [5.74, 6) is -0.414. The Morgan fingerprint density at radius 1 is 1.10 bits per heavy atom. The zero-order valence-electron chi connectivity index (χ0n) is 17.6. The third-order valence-corrected chi connectivity index (χ3v) is 5.21. The minimum atomic E-state index is -4.53. The van der Waals surface area contributed by atoms with E-state index in [1.54, 1.807) is 13.2 Å². The van der Waals surface area contributed by atoms with Crippen molar-refractivity contribution in [3.05, 3.63) is 53.8 Å². The average molecular weight is 441 g/mol. The van der Waals surface area contributed by atoms with Gasteiger partial charge in [0, 0.05) is 49.2 Å². The zero-order valence-corrected chi connectivity index (χ0v) is 17.6. The van der Waals surface area contributed by atoms with Gasteiger partial charge in [0.15, 0.2) is 0 Å². The molecule has 5 nitrogen and oxygen atoms in total. The minimum Gasteiger partial charge on any atom is -0.384 e. The molecule has 31 heavy (non-hydrogen) atoms. The lowest BCUT2D eigenvalue weighted by Gasteiger charge is -2.44. The second-order valence-electron chi connectivity index (χ2n) is 7.97. The van der Waals surface area contributed by atoms with Gasteiger partial charge >= 0.3 is 6.18 Å². The number of hydrogen-bond acceptors (Lipinski definition) is 5. The Morgan fingerprint density at radius 2 is 1.77 bits per heavy atom. The van der Waals surface area contributed by atoms with E-state index in [9.17, 15) is 17.6 Å². The first-order valence-corrected chi connectivity index (χ1v) is 9.94. The number of benzene rings is 2. The Bertz CT molecular complexity index is 855. The van der Waals surface area contributed by atoms with Crippen LogP contribution in [0.2, 0.25) is 0 Å². The van der Waals surface area contributed by atoms with Crippen LogP contribution in [0.3, 0.4) is 0 Å². The van der Waals surface area contributed by atoms with Crippen molar-refractivity contribution in [3.63, 3.8) is 0 Å². The molecule has 1 fully saturated rings. The van der Waals surface area contributed by atoms with E-state index >= 15 is 0 Å². The molecular weight excluding hydrogens is 414 g/mol. The highest BCUT2D eigenvalue weighted by Gasteiger charge is 2.40. The van der Waals surface area contributed by atoms with Crippen molar-refractivity contribution in [2.24, 2.45) is 5.41 Å². The third-order valence-electron chi connectivity index (χ3n) is 5.21. The second kappa shape index (κ2) is 9.84. The zero-order chi connectivity index (χ0) is 22.5. The van der Waals surface area contributed by atoms with Crippen LogP contribution in [0, 0.1) is 11.2 Å². The van der Waals surface area contributed by atoms with E-state index < -0.39 is 17.6 Å². The van der Waals surface area contributed by atoms with E-state index in [4.69, 9.17) is 9.47 Å². The number of halogens is 4. The molecular formula is C22H27F4N3O2. The summed E-state index contributed by atoms with van der Waals surface area (Å²) in [5.41, 5.74) is -0.229. The quantitative estimate of drug-likeness (QED) is 0.528. The van der Waals surface area contributed by atoms with Gasteiger partial charge in [-0.1, -0.05) is 0 Å². The SMILES string of the molecule is COCCN(C)CC1(CNc2ccc(Nc3ccc(F)cc3)cc2C(F)(F)F)COC1. The van der Waals surface area contributed by atoms with Gasteiger partial charge in [-0.3, -0.25) is 0 Å². The fourth-order valence-corrected chi connectivity index (χ4v) is 3.53. The molecule has 170 valence electrons. The number of methoxy groups -OCH3 is 1. The standard InChI is InChI=1S/C22H27F4N3O2/c1-29(9-10-30-2)13-21(14-31-15-21)12-27-20-8-7-18(11-19(20)22(24,25)26)28-17-5-3-16(23)4-6-17/h3-8,11,27-28H,9-10,12-15H2,1-2H3. The Labute approximate surface area is 179 Å². The normalized spacial score (nSPS) is 15.6. The van der Waals surface area contributed by atoms with Crippen LogP contribution in [0.5, 0.6) is 0 Å². The van der Waals surface area contributed by atoms with Crippen LogP contribution in [0.4, 0.5) is 34.6 Å². The van der Waals surface area contributed by atoms with Gasteiger partial charge in [-0.25, -0.2) is 4.39 Å². The van der Waals surface area contributed by atoms with Gasteiger partial charge in [-0.15, -0.1) is 0 Å². The molecule has 0 saturated carbocycles. The van der Waals surface area contributed by atoms with Crippen LogP contribution in [-0.4, -0.2) is 58.5 Å². The summed E-state index contributed by atoms with van der Waals surface area (Å²) < 4.78 is 64.7. The first-order chi connectivity index (χ1) is 14.7. The molecule has 9 heteroatoms. The number of ether oxygens (including phenoxy) is 2. The molecule has 2 aromatic rings. The smallest absolute Gasteiger partial charge is 0.384 e. The highest BCUT2D eigenvalue weighted by molar-refractivity contribution is 5.66. The Balaban J connectivity index is 1.72. The summed E-state index contributed by atoms with van der Waals surface area (Å²) >= 11 is 0. The molecule has 0 atom stereocenters. The lowest BCUT2D eigenvalue weighted by atomic mass is 9.85. The largest absolute Gasteiger partial charge is 0.418 e. The number of anilines is 3. The van der Waals surface area contributed by atoms with Gasteiger partial charge in [0.1, 0.15) is 5.82 Å². The van der Waals surface area contributed by atoms with Crippen molar-refractivity contribution in [2.45, 2.75) is 6.18 Å². The monoisotopic (exact) mass is 441 g/mol. The van der Waals surface area contributed by atoms with Crippen LogP contribution in [0.25, 0.3) is 0 Å². The number of hydrogen-bond donors (Lipinski definition) is 2. The summed E-state index contributed by atoms with van der Waals surface area (Å²) in [5, 5.41) is 5.87. The Hall–Kier alpha value is -2.36. The van der Waals surface area contributed by atoms with Gasteiger partial charge in [-0.2, -0.15) is 13.2 Å². The Morgan fingerprint density at radius 3 is 2.35 bits per heavy atom. The van der Waals surface area contributed by atoms with Crippen molar-refractivity contribution in [2.75, 3.05) is 64.2 Å². The van der Waals surface area contributed by atoms with Crippen molar-refractivity contribution in [1.82, 2.24) is 4.90 Å². The van der Waals surface area contributed by atoms with Crippen LogP contribution < -0.4 is 10.6 Å². The summed E-state index contributed by atoms with van der Waals surface area (Å²) in [6, 6.07) is 9.45. The van der Waals surface area contributed by atoms with Gasteiger partial charge in [0.2, 0.25) is 0 Å². The molecule has 0 aromatic heterocycles. The van der Waals surface area contributed by atoms with E-state index in [-0.39, 0.29) is 16.8 Å². The number of nitrogens with zero attached hydrogens (tertiary/aromatic N) is 1. The van der Waals surface area contributed by atoms with Crippen LogP contribution in [-0.2, 0) is 15.7 Å².